The van der Waals surface area contributed by atoms with Crippen molar-refractivity contribution in [1.82, 2.24) is 5.32 Å². The van der Waals surface area contributed by atoms with Crippen molar-refractivity contribution in [3.05, 3.63) is 35.6 Å². The van der Waals surface area contributed by atoms with Crippen LogP contribution in [-0.4, -0.2) is 12.6 Å². The van der Waals surface area contributed by atoms with E-state index in [2.05, 4.69) is 5.32 Å². The third kappa shape index (κ3) is 2.52. The molecule has 1 nitrogen and oxygen atoms in total. The zero-order valence-corrected chi connectivity index (χ0v) is 12.8. The average Bonchev–Trinajstić information content (AvgIpc) is 3.28. The van der Waals surface area contributed by atoms with Crippen molar-refractivity contribution in [3.8, 4) is 0 Å². The fourth-order valence-electron chi connectivity index (χ4n) is 4.97. The van der Waals surface area contributed by atoms with Crippen LogP contribution in [0.3, 0.4) is 0 Å². The Labute approximate surface area is 127 Å². The first kappa shape index (κ1) is 13.8. The third-order valence-electron chi connectivity index (χ3n) is 6.09. The van der Waals surface area contributed by atoms with Gasteiger partial charge in [0.15, 0.2) is 0 Å². The first-order valence-corrected chi connectivity index (χ1v) is 8.70. The standard InChI is InChI=1S/C19H26FN/c20-17-7-3-2-6-16(17)19(14-21-15-8-9-15)12-18(13-19)10-4-1-5-11-18/h2-3,6-7,15,21H,1,4-5,8-14H2. The minimum Gasteiger partial charge on any atom is -0.313 e. The van der Waals surface area contributed by atoms with Gasteiger partial charge in [-0.05, 0) is 55.6 Å². The molecule has 0 bridgehead atoms. The van der Waals surface area contributed by atoms with Gasteiger partial charge in [-0.1, -0.05) is 37.5 Å². The maximum Gasteiger partial charge on any atom is 0.127 e. The molecule has 0 amide bonds. The molecule has 0 aromatic heterocycles. The van der Waals surface area contributed by atoms with E-state index in [4.69, 9.17) is 0 Å². The van der Waals surface area contributed by atoms with Crippen molar-refractivity contribution < 1.29 is 4.39 Å². The number of hydrogen-bond acceptors (Lipinski definition) is 1. The lowest BCUT2D eigenvalue weighted by atomic mass is 9.46. The summed E-state index contributed by atoms with van der Waals surface area (Å²) in [6.45, 7) is 0.973. The number of benzene rings is 1. The van der Waals surface area contributed by atoms with Gasteiger partial charge in [0.25, 0.3) is 0 Å². The highest BCUT2D eigenvalue weighted by molar-refractivity contribution is 5.33. The number of nitrogens with one attached hydrogen (secondary N) is 1. The Bertz CT molecular complexity index is 506. The van der Waals surface area contributed by atoms with E-state index >= 15 is 0 Å². The summed E-state index contributed by atoms with van der Waals surface area (Å²) < 4.78 is 14.4. The molecule has 1 aromatic rings. The van der Waals surface area contributed by atoms with Crippen molar-refractivity contribution in [2.45, 2.75) is 69.2 Å². The Morgan fingerprint density at radius 2 is 1.76 bits per heavy atom. The second-order valence-corrected chi connectivity index (χ2v) is 7.83. The molecule has 0 atom stereocenters. The second kappa shape index (κ2) is 5.08. The van der Waals surface area contributed by atoms with Crippen LogP contribution in [0.25, 0.3) is 0 Å². The second-order valence-electron chi connectivity index (χ2n) is 7.83. The molecule has 1 N–H and O–H groups in total. The summed E-state index contributed by atoms with van der Waals surface area (Å²) in [5, 5.41) is 3.68. The Kier molecular flexibility index (Phi) is 3.33. The molecule has 3 saturated carbocycles. The Morgan fingerprint density at radius 3 is 2.43 bits per heavy atom. The monoisotopic (exact) mass is 287 g/mol. The normalized spacial score (nSPS) is 26.5. The maximum atomic E-state index is 14.4. The summed E-state index contributed by atoms with van der Waals surface area (Å²) in [5.74, 6) is 0.000700. The smallest absolute Gasteiger partial charge is 0.127 e. The van der Waals surface area contributed by atoms with Crippen LogP contribution in [0.2, 0.25) is 0 Å². The topological polar surface area (TPSA) is 12.0 Å². The molecule has 0 aliphatic heterocycles. The zero-order valence-electron chi connectivity index (χ0n) is 12.8. The molecule has 2 heteroatoms. The average molecular weight is 287 g/mol. The number of rotatable bonds is 4. The summed E-state index contributed by atoms with van der Waals surface area (Å²) in [4.78, 5) is 0. The molecule has 0 saturated heterocycles. The van der Waals surface area contributed by atoms with Crippen LogP contribution in [0.15, 0.2) is 24.3 Å². The molecule has 1 aromatic carbocycles. The van der Waals surface area contributed by atoms with E-state index in [1.807, 2.05) is 18.2 Å². The molecule has 3 fully saturated rings. The molecule has 3 aliphatic carbocycles. The lowest BCUT2D eigenvalue weighted by Gasteiger charge is -2.59. The van der Waals surface area contributed by atoms with E-state index in [0.29, 0.717) is 11.5 Å². The van der Waals surface area contributed by atoms with Gasteiger partial charge in [-0.2, -0.15) is 0 Å². The SMILES string of the molecule is Fc1ccccc1C1(CNC2CC2)CC2(CCCCC2)C1. The molecular formula is C19H26FN. The third-order valence-corrected chi connectivity index (χ3v) is 6.09. The van der Waals surface area contributed by atoms with Gasteiger partial charge in [-0.15, -0.1) is 0 Å². The molecule has 4 rings (SSSR count). The molecule has 0 radical (unpaired) electrons. The molecule has 3 aliphatic rings. The molecule has 0 unspecified atom stereocenters. The van der Waals surface area contributed by atoms with Crippen LogP contribution >= 0.6 is 0 Å². The summed E-state index contributed by atoms with van der Waals surface area (Å²) in [6, 6.07) is 8.19. The summed E-state index contributed by atoms with van der Waals surface area (Å²) in [5.41, 5.74) is 1.56. The highest BCUT2D eigenvalue weighted by atomic mass is 19.1. The van der Waals surface area contributed by atoms with E-state index in [9.17, 15) is 4.39 Å². The Morgan fingerprint density at radius 1 is 1.05 bits per heavy atom. The quantitative estimate of drug-likeness (QED) is 0.856. The Balaban J connectivity index is 1.57. The van der Waals surface area contributed by atoms with Gasteiger partial charge in [0.05, 0.1) is 0 Å². The molecule has 1 spiro atoms. The van der Waals surface area contributed by atoms with Crippen LogP contribution in [-0.2, 0) is 5.41 Å². The van der Waals surface area contributed by atoms with Gasteiger partial charge >= 0.3 is 0 Å². The van der Waals surface area contributed by atoms with Gasteiger partial charge < -0.3 is 5.32 Å². The molecular weight excluding hydrogens is 261 g/mol. The number of halogens is 1. The van der Waals surface area contributed by atoms with Gasteiger partial charge in [0.2, 0.25) is 0 Å². The van der Waals surface area contributed by atoms with E-state index in [-0.39, 0.29) is 11.2 Å². The van der Waals surface area contributed by atoms with Crippen molar-refractivity contribution >= 4 is 0 Å². The van der Waals surface area contributed by atoms with Gasteiger partial charge in [0.1, 0.15) is 5.82 Å². The van der Waals surface area contributed by atoms with Crippen molar-refractivity contribution in [3.63, 3.8) is 0 Å². The fourth-order valence-corrected chi connectivity index (χ4v) is 4.97. The van der Waals surface area contributed by atoms with Crippen LogP contribution < -0.4 is 5.32 Å². The van der Waals surface area contributed by atoms with Crippen molar-refractivity contribution in [1.29, 1.82) is 0 Å². The van der Waals surface area contributed by atoms with E-state index in [1.165, 1.54) is 57.8 Å². The molecule has 21 heavy (non-hydrogen) atoms. The van der Waals surface area contributed by atoms with Crippen LogP contribution in [0.4, 0.5) is 4.39 Å². The summed E-state index contributed by atoms with van der Waals surface area (Å²) in [7, 11) is 0. The summed E-state index contributed by atoms with van der Waals surface area (Å²) in [6.07, 6.45) is 11.9. The van der Waals surface area contributed by atoms with Crippen LogP contribution in [0, 0.1) is 11.2 Å². The zero-order chi connectivity index (χ0) is 14.3. The number of hydrogen-bond donors (Lipinski definition) is 1. The van der Waals surface area contributed by atoms with Crippen LogP contribution in [0.5, 0.6) is 0 Å². The van der Waals surface area contributed by atoms with E-state index in [0.717, 1.165) is 12.1 Å². The highest BCUT2D eigenvalue weighted by Gasteiger charge is 2.55. The van der Waals surface area contributed by atoms with E-state index < -0.39 is 0 Å². The largest absolute Gasteiger partial charge is 0.313 e. The Hall–Kier alpha value is -0.890. The van der Waals surface area contributed by atoms with Crippen molar-refractivity contribution in [2.75, 3.05) is 6.54 Å². The van der Waals surface area contributed by atoms with Gasteiger partial charge in [0, 0.05) is 18.0 Å². The lowest BCUT2D eigenvalue weighted by Crippen LogP contribution is -2.56. The van der Waals surface area contributed by atoms with Crippen molar-refractivity contribution in [2.24, 2.45) is 5.41 Å². The van der Waals surface area contributed by atoms with Gasteiger partial charge in [-0.3, -0.25) is 0 Å². The predicted molar refractivity (Wildman–Crippen MR) is 83.9 cm³/mol. The molecule has 114 valence electrons. The summed E-state index contributed by atoms with van der Waals surface area (Å²) >= 11 is 0. The van der Waals surface area contributed by atoms with E-state index in [1.54, 1.807) is 6.07 Å². The predicted octanol–water partition coefficient (Wildman–Crippen LogP) is 4.56. The maximum absolute atomic E-state index is 14.4. The lowest BCUT2D eigenvalue weighted by molar-refractivity contribution is -0.0146. The minimum absolute atomic E-state index is 0.000700. The minimum atomic E-state index is 0.000700. The molecule has 0 heterocycles. The van der Waals surface area contributed by atoms with Gasteiger partial charge in [-0.25, -0.2) is 4.39 Å². The fraction of sp³-hybridized carbons (Fsp3) is 0.684. The van der Waals surface area contributed by atoms with Crippen LogP contribution in [0.1, 0.15) is 63.4 Å². The first-order valence-electron chi connectivity index (χ1n) is 8.70. The highest BCUT2D eigenvalue weighted by Crippen LogP contribution is 2.62. The first-order chi connectivity index (χ1) is 10.2.